The maximum Gasteiger partial charge on any atom is 0.182 e. The van der Waals surface area contributed by atoms with Crippen molar-refractivity contribution in [3.63, 3.8) is 0 Å². The molecule has 0 aliphatic rings. The Bertz CT molecular complexity index is 196. The molecule has 0 saturated heterocycles. The van der Waals surface area contributed by atoms with E-state index in [1.807, 2.05) is 0 Å². The molecule has 0 radical (unpaired) electrons. The summed E-state index contributed by atoms with van der Waals surface area (Å²) < 4.78 is 4.92. The van der Waals surface area contributed by atoms with Crippen LogP contribution in [0.25, 0.3) is 0 Å². The molecule has 0 N–H and O–H groups in total. The minimum absolute atomic E-state index is 0.950. The van der Waals surface area contributed by atoms with Gasteiger partial charge in [0.15, 0.2) is 12.2 Å². The molecule has 0 aliphatic carbocycles. The van der Waals surface area contributed by atoms with Gasteiger partial charge in [-0.05, 0) is 13.3 Å². The van der Waals surface area contributed by atoms with Crippen molar-refractivity contribution in [2.75, 3.05) is 18.0 Å². The minimum Gasteiger partial charge on any atom is -0.449 e. The topological polar surface area (TPSA) is 29.3 Å². The van der Waals surface area contributed by atoms with E-state index < -0.39 is 0 Å². The molecule has 1 rings (SSSR count). The summed E-state index contributed by atoms with van der Waals surface area (Å²) >= 11 is 0. The summed E-state index contributed by atoms with van der Waals surface area (Å²) in [7, 11) is 0. The lowest BCUT2D eigenvalue weighted by Crippen LogP contribution is -2.23. The molecule has 3 nitrogen and oxygen atoms in total. The summed E-state index contributed by atoms with van der Waals surface area (Å²) in [6.07, 6.45) is 5.60. The van der Waals surface area contributed by atoms with Crippen LogP contribution in [0.15, 0.2) is 17.1 Å². The van der Waals surface area contributed by atoms with Gasteiger partial charge in [0.2, 0.25) is 0 Å². The zero-order valence-electron chi connectivity index (χ0n) is 7.79. The van der Waals surface area contributed by atoms with Crippen molar-refractivity contribution < 1.29 is 4.42 Å². The molecule has 12 heavy (non-hydrogen) atoms. The predicted octanol–water partition coefficient (Wildman–Crippen LogP) is 2.30. The standard InChI is InChI=1S/C9H16N2O/c1-3-5-6-11(4-2)9-7-12-8-10-9/h7-8H,3-6H2,1-2H3. The molecule has 68 valence electrons. The number of hydrogen-bond acceptors (Lipinski definition) is 3. The molecule has 0 amide bonds. The lowest BCUT2D eigenvalue weighted by Gasteiger charge is -2.18. The Kier molecular flexibility index (Phi) is 3.64. The summed E-state index contributed by atoms with van der Waals surface area (Å²) in [6, 6.07) is 0. The number of unbranched alkanes of at least 4 members (excludes halogenated alkanes) is 1. The number of rotatable bonds is 5. The van der Waals surface area contributed by atoms with Gasteiger partial charge in [-0.2, -0.15) is 4.98 Å². The highest BCUT2D eigenvalue weighted by Crippen LogP contribution is 2.10. The molecule has 1 aromatic heterocycles. The van der Waals surface area contributed by atoms with Crippen molar-refractivity contribution >= 4 is 5.82 Å². The van der Waals surface area contributed by atoms with Gasteiger partial charge in [0.1, 0.15) is 6.26 Å². The van der Waals surface area contributed by atoms with E-state index >= 15 is 0 Å². The first kappa shape index (κ1) is 9.10. The Morgan fingerprint density at radius 1 is 1.50 bits per heavy atom. The first-order chi connectivity index (χ1) is 5.88. The quantitative estimate of drug-likeness (QED) is 0.675. The highest BCUT2D eigenvalue weighted by Gasteiger charge is 2.04. The average Bonchev–Trinajstić information content (AvgIpc) is 2.59. The minimum atomic E-state index is 0.950. The second-order valence-electron chi connectivity index (χ2n) is 2.78. The van der Waals surface area contributed by atoms with E-state index in [0.29, 0.717) is 0 Å². The van der Waals surface area contributed by atoms with Crippen LogP contribution in [-0.2, 0) is 0 Å². The van der Waals surface area contributed by atoms with Crippen molar-refractivity contribution in [3.05, 3.63) is 12.7 Å². The van der Waals surface area contributed by atoms with Crippen LogP contribution in [0.1, 0.15) is 26.7 Å². The van der Waals surface area contributed by atoms with Gasteiger partial charge in [0.05, 0.1) is 0 Å². The fraction of sp³-hybridized carbons (Fsp3) is 0.667. The molecule has 0 bridgehead atoms. The molecule has 0 atom stereocenters. The van der Waals surface area contributed by atoms with Gasteiger partial charge in [0, 0.05) is 13.1 Å². The third-order valence-corrected chi connectivity index (χ3v) is 1.91. The first-order valence-corrected chi connectivity index (χ1v) is 4.51. The molecular weight excluding hydrogens is 152 g/mol. The SMILES string of the molecule is CCCCN(CC)c1cocn1. The van der Waals surface area contributed by atoms with Gasteiger partial charge in [-0.1, -0.05) is 13.3 Å². The molecule has 3 heteroatoms. The summed E-state index contributed by atoms with van der Waals surface area (Å²) in [5, 5.41) is 0. The summed E-state index contributed by atoms with van der Waals surface area (Å²) in [5.41, 5.74) is 0. The third-order valence-electron chi connectivity index (χ3n) is 1.91. The Balaban J connectivity index is 2.45. The lowest BCUT2D eigenvalue weighted by atomic mass is 10.3. The van der Waals surface area contributed by atoms with Crippen LogP contribution >= 0.6 is 0 Å². The Morgan fingerprint density at radius 3 is 2.83 bits per heavy atom. The lowest BCUT2D eigenvalue weighted by molar-refractivity contribution is 0.557. The summed E-state index contributed by atoms with van der Waals surface area (Å²) in [4.78, 5) is 6.31. The Hall–Kier alpha value is -0.990. The normalized spacial score (nSPS) is 10.2. The molecule has 0 saturated carbocycles. The molecule has 0 aromatic carbocycles. The van der Waals surface area contributed by atoms with Crippen molar-refractivity contribution in [1.82, 2.24) is 4.98 Å². The fourth-order valence-corrected chi connectivity index (χ4v) is 1.15. The smallest absolute Gasteiger partial charge is 0.182 e. The molecule has 0 unspecified atom stereocenters. The van der Waals surface area contributed by atoms with Gasteiger partial charge in [-0.3, -0.25) is 0 Å². The molecular formula is C9H16N2O. The average molecular weight is 168 g/mol. The monoisotopic (exact) mass is 168 g/mol. The molecule has 0 spiro atoms. The predicted molar refractivity (Wildman–Crippen MR) is 49.3 cm³/mol. The van der Waals surface area contributed by atoms with E-state index in [2.05, 4.69) is 23.7 Å². The van der Waals surface area contributed by atoms with Crippen LogP contribution in [0.3, 0.4) is 0 Å². The zero-order valence-corrected chi connectivity index (χ0v) is 7.79. The van der Waals surface area contributed by atoms with Crippen molar-refractivity contribution in [1.29, 1.82) is 0 Å². The van der Waals surface area contributed by atoms with Gasteiger partial charge in [0.25, 0.3) is 0 Å². The van der Waals surface area contributed by atoms with E-state index in [-0.39, 0.29) is 0 Å². The highest BCUT2D eigenvalue weighted by molar-refractivity contribution is 5.33. The van der Waals surface area contributed by atoms with Crippen LogP contribution in [0.5, 0.6) is 0 Å². The number of hydrogen-bond donors (Lipinski definition) is 0. The van der Waals surface area contributed by atoms with Gasteiger partial charge in [-0.15, -0.1) is 0 Å². The number of aromatic nitrogens is 1. The maximum atomic E-state index is 4.92. The molecule has 1 heterocycles. The van der Waals surface area contributed by atoms with E-state index in [1.165, 1.54) is 19.2 Å². The summed E-state index contributed by atoms with van der Waals surface area (Å²) in [6.45, 7) is 6.38. The van der Waals surface area contributed by atoms with E-state index in [1.54, 1.807) is 6.26 Å². The largest absolute Gasteiger partial charge is 0.449 e. The van der Waals surface area contributed by atoms with Gasteiger partial charge < -0.3 is 9.32 Å². The van der Waals surface area contributed by atoms with Crippen LogP contribution in [0.2, 0.25) is 0 Å². The Morgan fingerprint density at radius 2 is 2.33 bits per heavy atom. The second kappa shape index (κ2) is 4.80. The van der Waals surface area contributed by atoms with Crippen LogP contribution in [0.4, 0.5) is 5.82 Å². The van der Waals surface area contributed by atoms with Gasteiger partial charge >= 0.3 is 0 Å². The fourth-order valence-electron chi connectivity index (χ4n) is 1.15. The first-order valence-electron chi connectivity index (χ1n) is 4.51. The molecule has 0 aliphatic heterocycles. The summed E-state index contributed by atoms with van der Waals surface area (Å²) in [5.74, 6) is 0.950. The van der Waals surface area contributed by atoms with Crippen LogP contribution in [-0.4, -0.2) is 18.1 Å². The third kappa shape index (κ3) is 2.26. The second-order valence-corrected chi connectivity index (χ2v) is 2.78. The van der Waals surface area contributed by atoms with E-state index in [9.17, 15) is 0 Å². The van der Waals surface area contributed by atoms with Crippen LogP contribution in [0, 0.1) is 0 Å². The van der Waals surface area contributed by atoms with Crippen LogP contribution < -0.4 is 4.90 Å². The zero-order chi connectivity index (χ0) is 8.81. The van der Waals surface area contributed by atoms with E-state index in [4.69, 9.17) is 4.42 Å². The number of nitrogens with zero attached hydrogens (tertiary/aromatic N) is 2. The van der Waals surface area contributed by atoms with Crippen molar-refractivity contribution in [3.8, 4) is 0 Å². The number of oxazole rings is 1. The molecule has 1 aromatic rings. The maximum absolute atomic E-state index is 4.92. The highest BCUT2D eigenvalue weighted by atomic mass is 16.3. The molecule has 0 fully saturated rings. The van der Waals surface area contributed by atoms with E-state index in [0.717, 1.165) is 18.9 Å². The Labute approximate surface area is 73.4 Å². The van der Waals surface area contributed by atoms with Crippen molar-refractivity contribution in [2.45, 2.75) is 26.7 Å². The van der Waals surface area contributed by atoms with Gasteiger partial charge in [-0.25, -0.2) is 0 Å². The van der Waals surface area contributed by atoms with Crippen molar-refractivity contribution in [2.24, 2.45) is 0 Å². The number of anilines is 1.